The summed E-state index contributed by atoms with van der Waals surface area (Å²) in [7, 11) is 14.7. The molecule has 1 aromatic carbocycles. The maximum atomic E-state index is 15.4. The average Bonchev–Trinajstić information content (AvgIpc) is 3.30. The molecule has 0 spiro atoms. The minimum absolute atomic E-state index is 0.0544. The van der Waals surface area contributed by atoms with Crippen LogP contribution in [0.2, 0.25) is 0 Å². The van der Waals surface area contributed by atoms with Crippen LogP contribution in [0.25, 0.3) is 0 Å². The molecule has 18 heteroatoms. The summed E-state index contributed by atoms with van der Waals surface area (Å²) in [5.74, 6) is -6.49. The zero-order valence-electron chi connectivity index (χ0n) is 46.7. The molecular formula is C54H98N5O13+3. The Kier molecular flexibility index (Phi) is 30.7. The number of carboxylic acids is 1. The predicted octanol–water partition coefficient (Wildman–Crippen LogP) is 5.33. The Hall–Kier alpha value is -4.20. The predicted molar refractivity (Wildman–Crippen MR) is 277 cm³/mol. The van der Waals surface area contributed by atoms with E-state index >= 15 is 4.79 Å². The third kappa shape index (κ3) is 27.2. The Bertz CT molecular complexity index is 1750. The van der Waals surface area contributed by atoms with E-state index in [1.807, 2.05) is 0 Å². The maximum absolute atomic E-state index is 15.4. The van der Waals surface area contributed by atoms with Crippen LogP contribution in [0.5, 0.6) is 0 Å². The largest absolute Gasteiger partial charge is 0.481 e. The van der Waals surface area contributed by atoms with Gasteiger partial charge in [0.1, 0.15) is 25.2 Å². The van der Waals surface area contributed by atoms with Gasteiger partial charge in [0, 0.05) is 23.3 Å². The van der Waals surface area contributed by atoms with Gasteiger partial charge < -0.3 is 58.0 Å². The van der Waals surface area contributed by atoms with E-state index in [0.29, 0.717) is 12.8 Å². The summed E-state index contributed by atoms with van der Waals surface area (Å²) in [6.45, 7) is 17.0. The van der Waals surface area contributed by atoms with Crippen LogP contribution in [0.3, 0.4) is 0 Å². The van der Waals surface area contributed by atoms with Gasteiger partial charge in [0.05, 0.1) is 147 Å². The highest BCUT2D eigenvalue weighted by Crippen LogP contribution is 2.36. The van der Waals surface area contributed by atoms with E-state index in [1.165, 1.54) is 12.7 Å². The Morgan fingerprint density at radius 3 is 1.60 bits per heavy atom. The second kappa shape index (κ2) is 33.6. The number of hydrogen-bond acceptors (Lipinski definition) is 12. The molecule has 0 heterocycles. The Balaban J connectivity index is 4.00. The molecule has 0 fully saturated rings. The second-order valence-electron chi connectivity index (χ2n) is 21.7. The number of aliphatic carboxylic acids is 1. The molecule has 0 aliphatic rings. The van der Waals surface area contributed by atoms with Crippen LogP contribution in [0.4, 0.5) is 0 Å². The van der Waals surface area contributed by atoms with Gasteiger partial charge in [-0.2, -0.15) is 0 Å². The van der Waals surface area contributed by atoms with E-state index in [-0.39, 0.29) is 103 Å². The van der Waals surface area contributed by atoms with Gasteiger partial charge in [0.15, 0.2) is 0 Å². The highest BCUT2D eigenvalue weighted by atomic mass is 16.5. The number of nitrogens with zero attached hydrogens (tertiary/aromatic N) is 3. The summed E-state index contributed by atoms with van der Waals surface area (Å²) in [5, 5.41) is 13.9. The normalized spacial score (nSPS) is 14.4. The van der Waals surface area contributed by atoms with E-state index < -0.39 is 59.0 Å². The van der Waals surface area contributed by atoms with Crippen LogP contribution in [0.1, 0.15) is 116 Å². The van der Waals surface area contributed by atoms with Crippen molar-refractivity contribution in [2.24, 2.45) is 29.4 Å². The number of carbonyl (C=O) groups is 6. The molecule has 1 aromatic rings. The topological polar surface area (TPSA) is 216 Å². The standard InChI is InChI=1S/C54H95N5O13/c1-14-26-58(9,10)27-28-59(11,12)37-42-19-21-44(22-20-42)45(32-41(6)36-57(7,8)16-3)34-46(35-47(53(65)66)33-43(15-2)51(55)63)52(64)56-54(38-68-29-23-48(60)67-13,39-69-30-24-49(61)71-17-4)40-70-31-25-50(62)72-18-5/h19-22,41,43,45-47H,14-18,23-40H2,1-13H3,(H-3,55,56,63,64,65,66)/p+3. The van der Waals surface area contributed by atoms with E-state index in [0.717, 1.165) is 64.7 Å². The van der Waals surface area contributed by atoms with Crippen molar-refractivity contribution in [2.45, 2.75) is 117 Å². The van der Waals surface area contributed by atoms with Gasteiger partial charge in [-0.25, -0.2) is 0 Å². The smallest absolute Gasteiger partial charge is 0.308 e. The monoisotopic (exact) mass is 1020 g/mol. The quantitative estimate of drug-likeness (QED) is 0.0328. The fourth-order valence-electron chi connectivity index (χ4n) is 9.19. The van der Waals surface area contributed by atoms with Crippen molar-refractivity contribution in [3.8, 4) is 0 Å². The van der Waals surface area contributed by atoms with Crippen molar-refractivity contribution < 1.29 is 75.7 Å². The van der Waals surface area contributed by atoms with Gasteiger partial charge in [-0.05, 0) is 70.8 Å². The lowest BCUT2D eigenvalue weighted by Gasteiger charge is -2.37. The van der Waals surface area contributed by atoms with Crippen molar-refractivity contribution in [2.75, 3.05) is 135 Å². The summed E-state index contributed by atoms with van der Waals surface area (Å²) in [6.07, 6.45) is 1.99. The minimum atomic E-state index is -1.48. The van der Waals surface area contributed by atoms with E-state index in [2.05, 4.69) is 92.6 Å². The van der Waals surface area contributed by atoms with Crippen molar-refractivity contribution in [3.05, 3.63) is 35.4 Å². The summed E-state index contributed by atoms with van der Waals surface area (Å²) in [5.41, 5.74) is 6.50. The van der Waals surface area contributed by atoms with Gasteiger partial charge in [-0.15, -0.1) is 0 Å². The number of hydrogen-bond donors (Lipinski definition) is 3. The third-order valence-corrected chi connectivity index (χ3v) is 13.6. The number of ether oxygens (including phenoxy) is 6. The molecule has 18 nitrogen and oxygen atoms in total. The van der Waals surface area contributed by atoms with Crippen LogP contribution in [-0.2, 0) is 63.7 Å². The highest BCUT2D eigenvalue weighted by molar-refractivity contribution is 5.81. The number of primary amides is 1. The fraction of sp³-hybridized carbons (Fsp3) is 0.778. The van der Waals surface area contributed by atoms with Gasteiger partial charge in [-0.1, -0.05) is 45.0 Å². The molecule has 0 aliphatic carbocycles. The number of likely N-dealkylation sites (N-methyl/N-ethyl adjacent to an activating group) is 2. The molecule has 4 N–H and O–H groups in total. The number of carboxylic acid groups (broad SMARTS) is 1. The molecule has 5 atom stereocenters. The fourth-order valence-corrected chi connectivity index (χ4v) is 9.19. The minimum Gasteiger partial charge on any atom is -0.481 e. The molecule has 0 aromatic heterocycles. The van der Waals surface area contributed by atoms with E-state index in [4.69, 9.17) is 34.2 Å². The van der Waals surface area contributed by atoms with Gasteiger partial charge in [0.2, 0.25) is 11.8 Å². The van der Waals surface area contributed by atoms with Gasteiger partial charge in [-0.3, -0.25) is 28.8 Å². The maximum Gasteiger partial charge on any atom is 0.308 e. The van der Waals surface area contributed by atoms with Crippen LogP contribution in [0.15, 0.2) is 24.3 Å². The first-order valence-corrected chi connectivity index (χ1v) is 26.3. The number of nitrogens with one attached hydrogen (secondary N) is 1. The van der Waals surface area contributed by atoms with Crippen molar-refractivity contribution in [1.29, 1.82) is 0 Å². The highest BCUT2D eigenvalue weighted by Gasteiger charge is 2.39. The first-order chi connectivity index (χ1) is 33.8. The van der Waals surface area contributed by atoms with Crippen LogP contribution in [-0.4, -0.2) is 195 Å². The Morgan fingerprint density at radius 2 is 1.15 bits per heavy atom. The summed E-state index contributed by atoms with van der Waals surface area (Å²) >= 11 is 0. The first kappa shape index (κ1) is 65.8. The summed E-state index contributed by atoms with van der Waals surface area (Å²) < 4.78 is 35.7. The third-order valence-electron chi connectivity index (χ3n) is 13.6. The number of carbonyl (C=O) groups excluding carboxylic acids is 5. The number of methoxy groups -OCH3 is 1. The Morgan fingerprint density at radius 1 is 0.653 bits per heavy atom. The van der Waals surface area contributed by atoms with E-state index in [9.17, 15) is 29.1 Å². The lowest BCUT2D eigenvalue weighted by molar-refractivity contribution is -0.952. The van der Waals surface area contributed by atoms with Gasteiger partial charge in [0.25, 0.3) is 0 Å². The average molecular weight is 1030 g/mol. The summed E-state index contributed by atoms with van der Waals surface area (Å²) in [4.78, 5) is 77.9. The molecule has 1 rings (SSSR count). The summed E-state index contributed by atoms with van der Waals surface area (Å²) in [6, 6.07) is 8.61. The molecule has 0 saturated carbocycles. The van der Waals surface area contributed by atoms with Gasteiger partial charge >= 0.3 is 23.9 Å². The zero-order valence-corrected chi connectivity index (χ0v) is 46.7. The molecule has 414 valence electrons. The molecular weight excluding hydrogens is 927 g/mol. The Labute approximate surface area is 432 Å². The van der Waals surface area contributed by atoms with Crippen LogP contribution < -0.4 is 11.1 Å². The van der Waals surface area contributed by atoms with Crippen molar-refractivity contribution in [1.82, 2.24) is 5.32 Å². The van der Waals surface area contributed by atoms with E-state index in [1.54, 1.807) is 20.8 Å². The molecule has 5 unspecified atom stereocenters. The second-order valence-corrected chi connectivity index (χ2v) is 21.7. The molecule has 0 aliphatic heterocycles. The molecule has 0 radical (unpaired) electrons. The SMILES string of the molecule is CCC[N+](C)(C)CC[N+](C)(C)Cc1ccc(C(CC(C)C[N+](C)(C)CC)CC(CC(CC(CC)C(N)=O)C(=O)O)C(=O)NC(COCCC(=O)OC)(COCCC(=O)OCC)COCCC(=O)OCC)cc1. The number of esters is 3. The lowest BCUT2D eigenvalue weighted by Crippen LogP contribution is -2.60. The molecule has 0 saturated heterocycles. The first-order valence-electron chi connectivity index (χ1n) is 26.3. The van der Waals surface area contributed by atoms with Crippen molar-refractivity contribution in [3.63, 3.8) is 0 Å². The number of nitrogens with two attached hydrogens (primary N) is 1. The molecule has 72 heavy (non-hydrogen) atoms. The molecule has 0 bridgehead atoms. The number of rotatable bonds is 41. The lowest BCUT2D eigenvalue weighted by atomic mass is 9.77. The van der Waals surface area contributed by atoms with Crippen LogP contribution in [0, 0.1) is 23.7 Å². The van der Waals surface area contributed by atoms with Crippen molar-refractivity contribution >= 4 is 35.7 Å². The zero-order chi connectivity index (χ0) is 54.5. The number of benzene rings is 1. The number of amides is 2. The molecule has 2 amide bonds. The number of quaternary nitrogens is 3. The van der Waals surface area contributed by atoms with Crippen LogP contribution >= 0.6 is 0 Å².